The predicted molar refractivity (Wildman–Crippen MR) is 116 cm³/mol. The molecule has 1 aliphatic carbocycles. The van der Waals surface area contributed by atoms with E-state index in [9.17, 15) is 13.2 Å². The van der Waals surface area contributed by atoms with Gasteiger partial charge in [0.1, 0.15) is 0 Å². The Morgan fingerprint density at radius 2 is 1.80 bits per heavy atom. The number of carbonyl (C=O) groups excluding carboxylic acids is 1. The fourth-order valence-electron chi connectivity index (χ4n) is 4.66. The Hall–Kier alpha value is -1.64. The molecular weight excluding hydrogens is 404 g/mol. The van der Waals surface area contributed by atoms with Crippen LogP contribution in [0.15, 0.2) is 24.3 Å². The van der Waals surface area contributed by atoms with Gasteiger partial charge in [-0.15, -0.1) is 0 Å². The molecule has 1 saturated heterocycles. The summed E-state index contributed by atoms with van der Waals surface area (Å²) in [5.41, 5.74) is 2.66. The van der Waals surface area contributed by atoms with Gasteiger partial charge < -0.3 is 14.4 Å². The van der Waals surface area contributed by atoms with Crippen molar-refractivity contribution in [3.63, 3.8) is 0 Å². The molecular formula is C22H34N2O5S. The van der Waals surface area contributed by atoms with Crippen molar-refractivity contribution >= 4 is 16.1 Å². The Bertz CT molecular complexity index is 803. The van der Waals surface area contributed by atoms with E-state index in [0.717, 1.165) is 38.4 Å². The summed E-state index contributed by atoms with van der Waals surface area (Å²) in [6.45, 7) is 2.95. The Balaban J connectivity index is 1.58. The number of methoxy groups -OCH3 is 1. The van der Waals surface area contributed by atoms with E-state index in [0.29, 0.717) is 25.5 Å². The Morgan fingerprint density at radius 1 is 1.13 bits per heavy atom. The van der Waals surface area contributed by atoms with E-state index in [1.165, 1.54) is 18.2 Å². The summed E-state index contributed by atoms with van der Waals surface area (Å²) in [7, 11) is -2.03. The van der Waals surface area contributed by atoms with E-state index in [1.54, 1.807) is 4.90 Å². The van der Waals surface area contributed by atoms with Crippen LogP contribution < -0.4 is 4.72 Å². The largest absolute Gasteiger partial charge is 0.453 e. The van der Waals surface area contributed by atoms with Gasteiger partial charge in [0.25, 0.3) is 0 Å². The number of sulfonamides is 1. The summed E-state index contributed by atoms with van der Waals surface area (Å²) in [4.78, 5) is 13.8. The topological polar surface area (TPSA) is 84.9 Å². The number of nitrogens with one attached hydrogen (secondary N) is 1. The monoisotopic (exact) mass is 438 g/mol. The second kappa shape index (κ2) is 10.1. The highest BCUT2D eigenvalue weighted by Gasteiger charge is 2.37. The van der Waals surface area contributed by atoms with Crippen LogP contribution in [-0.4, -0.2) is 64.1 Å². The van der Waals surface area contributed by atoms with Gasteiger partial charge >= 0.3 is 6.09 Å². The molecule has 1 aromatic carbocycles. The molecule has 0 aromatic heterocycles. The van der Waals surface area contributed by atoms with Crippen molar-refractivity contribution in [1.29, 1.82) is 0 Å². The minimum absolute atomic E-state index is 0.131. The van der Waals surface area contributed by atoms with Crippen molar-refractivity contribution in [3.8, 4) is 0 Å². The molecule has 168 valence electrons. The molecule has 1 N–H and O–H groups in total. The summed E-state index contributed by atoms with van der Waals surface area (Å²) in [5, 5.41) is 0. The lowest BCUT2D eigenvalue weighted by Gasteiger charge is -2.41. The van der Waals surface area contributed by atoms with Gasteiger partial charge in [0.2, 0.25) is 10.0 Å². The van der Waals surface area contributed by atoms with Gasteiger partial charge in [-0.3, -0.25) is 0 Å². The average molecular weight is 439 g/mol. The van der Waals surface area contributed by atoms with Crippen molar-refractivity contribution in [2.45, 2.75) is 69.6 Å². The van der Waals surface area contributed by atoms with Crippen molar-refractivity contribution in [1.82, 2.24) is 9.62 Å². The molecule has 1 aromatic rings. The minimum Gasteiger partial charge on any atom is -0.453 e. The van der Waals surface area contributed by atoms with E-state index in [-0.39, 0.29) is 18.2 Å². The third-order valence-electron chi connectivity index (χ3n) is 6.28. The van der Waals surface area contributed by atoms with Gasteiger partial charge in [0.15, 0.2) is 0 Å². The van der Waals surface area contributed by atoms with E-state index in [4.69, 9.17) is 9.47 Å². The number of hydrogen-bond donors (Lipinski definition) is 1. The highest BCUT2D eigenvalue weighted by molar-refractivity contribution is 7.88. The zero-order valence-corrected chi connectivity index (χ0v) is 19.0. The van der Waals surface area contributed by atoms with Crippen LogP contribution in [0.2, 0.25) is 0 Å². The van der Waals surface area contributed by atoms with Crippen LogP contribution in [0.1, 0.15) is 55.6 Å². The number of nitrogens with zero attached hydrogens (tertiary/aromatic N) is 1. The SMILES string of the molecule is COC(=O)N1CCC[C@H](NS(C)(=O)=O)[C@@H]1COC1CCC(c2ccc(C)cc2)CC1. The molecule has 0 radical (unpaired) electrons. The molecule has 1 amide bonds. The first kappa shape index (κ1) is 23.0. The first-order valence-corrected chi connectivity index (χ1v) is 12.7. The first-order chi connectivity index (χ1) is 14.3. The van der Waals surface area contributed by atoms with Crippen molar-refractivity contribution < 1.29 is 22.7 Å². The van der Waals surface area contributed by atoms with Gasteiger partial charge in [-0.05, 0) is 56.9 Å². The zero-order chi connectivity index (χ0) is 21.7. The molecule has 7 nitrogen and oxygen atoms in total. The lowest BCUT2D eigenvalue weighted by molar-refractivity contribution is -0.0245. The maximum atomic E-state index is 12.2. The number of hydrogen-bond acceptors (Lipinski definition) is 5. The van der Waals surface area contributed by atoms with Crippen LogP contribution in [0.5, 0.6) is 0 Å². The van der Waals surface area contributed by atoms with Crippen LogP contribution in [0, 0.1) is 6.92 Å². The van der Waals surface area contributed by atoms with Crippen LogP contribution in [0.3, 0.4) is 0 Å². The quantitative estimate of drug-likeness (QED) is 0.737. The van der Waals surface area contributed by atoms with Gasteiger partial charge in [-0.2, -0.15) is 0 Å². The van der Waals surface area contributed by atoms with Crippen molar-refractivity contribution in [2.24, 2.45) is 0 Å². The number of ether oxygens (including phenoxy) is 2. The molecule has 2 atom stereocenters. The minimum atomic E-state index is -3.38. The molecule has 1 aliphatic heterocycles. The molecule has 30 heavy (non-hydrogen) atoms. The van der Waals surface area contributed by atoms with Crippen LogP contribution in [0.4, 0.5) is 4.79 Å². The third kappa shape index (κ3) is 6.18. The lowest BCUT2D eigenvalue weighted by Crippen LogP contribution is -2.59. The standard InChI is InChI=1S/C22H34N2O5S/c1-16-6-8-17(9-7-16)18-10-12-19(13-11-18)29-15-21-20(23-30(3,26)27)5-4-14-24(21)22(25)28-2/h6-9,18-21,23H,4-5,10-15H2,1-3H3/t18?,19?,20-,21-/m0/s1. The summed E-state index contributed by atoms with van der Waals surface area (Å²) < 4.78 is 37.4. The summed E-state index contributed by atoms with van der Waals surface area (Å²) in [6, 6.07) is 8.04. The molecule has 2 fully saturated rings. The van der Waals surface area contributed by atoms with E-state index < -0.39 is 16.1 Å². The normalized spacial score (nSPS) is 27.6. The molecule has 0 bridgehead atoms. The predicted octanol–water partition coefficient (Wildman–Crippen LogP) is 3.19. The molecule has 2 aliphatic rings. The lowest BCUT2D eigenvalue weighted by atomic mass is 9.82. The fraction of sp³-hybridized carbons (Fsp3) is 0.682. The maximum absolute atomic E-state index is 12.2. The van der Waals surface area contributed by atoms with Crippen molar-refractivity contribution in [3.05, 3.63) is 35.4 Å². The van der Waals surface area contributed by atoms with Crippen molar-refractivity contribution in [2.75, 3.05) is 26.5 Å². The zero-order valence-electron chi connectivity index (χ0n) is 18.2. The Labute approximate surface area is 180 Å². The number of likely N-dealkylation sites (tertiary alicyclic amines) is 1. The average Bonchev–Trinajstić information content (AvgIpc) is 2.72. The van der Waals surface area contributed by atoms with E-state index in [2.05, 4.69) is 35.9 Å². The second-order valence-electron chi connectivity index (χ2n) is 8.59. The molecule has 1 saturated carbocycles. The van der Waals surface area contributed by atoms with E-state index >= 15 is 0 Å². The van der Waals surface area contributed by atoms with Gasteiger partial charge in [0, 0.05) is 12.6 Å². The smallest absolute Gasteiger partial charge is 0.409 e. The number of rotatable bonds is 6. The molecule has 0 spiro atoms. The fourth-order valence-corrected chi connectivity index (χ4v) is 5.48. The van der Waals surface area contributed by atoms with Crippen LogP contribution >= 0.6 is 0 Å². The number of carbonyl (C=O) groups is 1. The summed E-state index contributed by atoms with van der Waals surface area (Å²) >= 11 is 0. The van der Waals surface area contributed by atoms with Crippen LogP contribution in [-0.2, 0) is 19.5 Å². The Morgan fingerprint density at radius 3 is 2.40 bits per heavy atom. The van der Waals surface area contributed by atoms with Crippen LogP contribution in [0.25, 0.3) is 0 Å². The number of piperidine rings is 1. The highest BCUT2D eigenvalue weighted by atomic mass is 32.2. The maximum Gasteiger partial charge on any atom is 0.409 e. The highest BCUT2D eigenvalue weighted by Crippen LogP contribution is 2.34. The Kier molecular flexibility index (Phi) is 7.76. The van der Waals surface area contributed by atoms with Gasteiger partial charge in [-0.1, -0.05) is 29.8 Å². The first-order valence-electron chi connectivity index (χ1n) is 10.8. The molecule has 3 rings (SSSR count). The second-order valence-corrected chi connectivity index (χ2v) is 10.4. The van der Waals surface area contributed by atoms with Gasteiger partial charge in [-0.25, -0.2) is 17.9 Å². The van der Waals surface area contributed by atoms with Gasteiger partial charge in [0.05, 0.1) is 32.1 Å². The molecule has 1 heterocycles. The third-order valence-corrected chi connectivity index (χ3v) is 7.01. The molecule has 0 unspecified atom stereocenters. The number of benzene rings is 1. The summed E-state index contributed by atoms with van der Waals surface area (Å²) in [5.74, 6) is 0.561. The molecule has 8 heteroatoms. The van der Waals surface area contributed by atoms with E-state index in [1.807, 2.05) is 0 Å². The number of amides is 1. The summed E-state index contributed by atoms with van der Waals surface area (Å²) in [6.07, 6.45) is 6.32. The number of aryl methyl sites for hydroxylation is 1.